The van der Waals surface area contributed by atoms with Gasteiger partial charge in [0.05, 0.1) is 27.8 Å². The Morgan fingerprint density at radius 1 is 1.45 bits per heavy atom. The zero-order chi connectivity index (χ0) is 15.1. The van der Waals surface area contributed by atoms with Gasteiger partial charge >= 0.3 is 0 Å². The summed E-state index contributed by atoms with van der Waals surface area (Å²) in [6, 6.07) is 2.70. The van der Waals surface area contributed by atoms with Crippen LogP contribution in [0.2, 0.25) is 5.02 Å². The van der Waals surface area contributed by atoms with Gasteiger partial charge in [-0.05, 0) is 19.1 Å². The highest BCUT2D eigenvalue weighted by Crippen LogP contribution is 2.34. The maximum Gasteiger partial charge on any atom is 0.250 e. The number of halogens is 1. The van der Waals surface area contributed by atoms with Crippen LogP contribution in [-0.4, -0.2) is 38.4 Å². The Labute approximate surface area is 122 Å². The lowest BCUT2D eigenvalue weighted by Gasteiger charge is -2.36. The first-order valence-electron chi connectivity index (χ1n) is 6.07. The quantitative estimate of drug-likeness (QED) is 0.779. The lowest BCUT2D eigenvalue weighted by atomic mass is 10.1. The third-order valence-electron chi connectivity index (χ3n) is 3.31. The topological polar surface area (TPSA) is 106 Å². The van der Waals surface area contributed by atoms with Crippen LogP contribution >= 0.6 is 11.6 Å². The average Bonchev–Trinajstić information content (AvgIpc) is 2.28. The molecule has 1 atom stereocenters. The molecule has 0 bridgehead atoms. The van der Waals surface area contributed by atoms with E-state index in [1.54, 1.807) is 11.8 Å². The van der Waals surface area contributed by atoms with Gasteiger partial charge in [-0.1, -0.05) is 11.6 Å². The summed E-state index contributed by atoms with van der Waals surface area (Å²) in [7, 11) is -3.05. The van der Waals surface area contributed by atoms with Gasteiger partial charge in [0, 0.05) is 18.3 Å². The van der Waals surface area contributed by atoms with Crippen LogP contribution in [0.4, 0.5) is 11.4 Å². The van der Waals surface area contributed by atoms with Crippen molar-refractivity contribution in [1.82, 2.24) is 0 Å². The standard InChI is InChI=1S/C12H16ClN3O3S/c1-7-6-20(18,19)3-2-16(7)11-9(12(15)17)4-8(14)5-10(11)13/h4-5,7H,2-3,6,14H2,1H3,(H2,15,17). The Morgan fingerprint density at radius 2 is 2.10 bits per heavy atom. The van der Waals surface area contributed by atoms with E-state index in [4.69, 9.17) is 23.1 Å². The summed E-state index contributed by atoms with van der Waals surface area (Å²) < 4.78 is 23.2. The number of nitrogens with zero attached hydrogens (tertiary/aromatic N) is 1. The summed E-state index contributed by atoms with van der Waals surface area (Å²) in [4.78, 5) is 13.4. The molecular formula is C12H16ClN3O3S. The predicted molar refractivity (Wildman–Crippen MR) is 79.8 cm³/mol. The third kappa shape index (κ3) is 2.83. The Morgan fingerprint density at radius 3 is 2.65 bits per heavy atom. The van der Waals surface area contributed by atoms with Crippen LogP contribution in [-0.2, 0) is 9.84 Å². The Hall–Kier alpha value is -1.47. The molecule has 1 fully saturated rings. The molecule has 0 aliphatic carbocycles. The highest BCUT2D eigenvalue weighted by Gasteiger charge is 2.31. The van der Waals surface area contributed by atoms with Crippen molar-refractivity contribution in [1.29, 1.82) is 0 Å². The van der Waals surface area contributed by atoms with E-state index in [0.717, 1.165) is 0 Å². The summed E-state index contributed by atoms with van der Waals surface area (Å²) in [5, 5.41) is 0.296. The maximum absolute atomic E-state index is 11.6. The number of nitrogen functional groups attached to an aromatic ring is 1. The smallest absolute Gasteiger partial charge is 0.250 e. The molecule has 8 heteroatoms. The van der Waals surface area contributed by atoms with E-state index in [2.05, 4.69) is 0 Å². The number of carbonyl (C=O) groups is 1. The first-order valence-corrected chi connectivity index (χ1v) is 8.27. The zero-order valence-electron chi connectivity index (χ0n) is 11.0. The number of amides is 1. The van der Waals surface area contributed by atoms with Crippen molar-refractivity contribution in [2.24, 2.45) is 5.73 Å². The Kier molecular flexibility index (Phi) is 3.84. The van der Waals surface area contributed by atoms with Gasteiger partial charge in [0.2, 0.25) is 0 Å². The molecule has 20 heavy (non-hydrogen) atoms. The van der Waals surface area contributed by atoms with Crippen molar-refractivity contribution in [2.45, 2.75) is 13.0 Å². The summed E-state index contributed by atoms with van der Waals surface area (Å²) in [6.07, 6.45) is 0. The number of nitrogens with two attached hydrogens (primary N) is 2. The number of carbonyl (C=O) groups excluding carboxylic acids is 1. The average molecular weight is 318 g/mol. The van der Waals surface area contributed by atoms with Gasteiger partial charge in [0.15, 0.2) is 9.84 Å². The molecule has 1 heterocycles. The fourth-order valence-corrected chi connectivity index (χ4v) is 4.32. The molecule has 0 radical (unpaired) electrons. The van der Waals surface area contributed by atoms with Crippen molar-refractivity contribution in [3.63, 3.8) is 0 Å². The summed E-state index contributed by atoms with van der Waals surface area (Å²) in [5.41, 5.74) is 12.0. The molecular weight excluding hydrogens is 302 g/mol. The number of anilines is 2. The zero-order valence-corrected chi connectivity index (χ0v) is 12.5. The number of sulfone groups is 1. The minimum absolute atomic E-state index is 0.0197. The van der Waals surface area contributed by atoms with Crippen LogP contribution in [0, 0.1) is 0 Å². The number of hydrogen-bond acceptors (Lipinski definition) is 5. The maximum atomic E-state index is 11.6. The van der Waals surface area contributed by atoms with Gasteiger partial charge in [0.1, 0.15) is 0 Å². The van der Waals surface area contributed by atoms with Crippen LogP contribution in [0.1, 0.15) is 17.3 Å². The molecule has 1 aromatic rings. The number of benzene rings is 1. The van der Waals surface area contributed by atoms with E-state index < -0.39 is 15.7 Å². The minimum atomic E-state index is -3.05. The largest absolute Gasteiger partial charge is 0.399 e. The Bertz CT molecular complexity index is 660. The molecule has 0 aromatic heterocycles. The van der Waals surface area contributed by atoms with Gasteiger partial charge in [-0.15, -0.1) is 0 Å². The predicted octanol–water partition coefficient (Wildman–Crippen LogP) is 0.644. The van der Waals surface area contributed by atoms with Gasteiger partial charge in [-0.25, -0.2) is 8.42 Å². The van der Waals surface area contributed by atoms with Gasteiger partial charge in [0.25, 0.3) is 5.91 Å². The van der Waals surface area contributed by atoms with E-state index in [1.165, 1.54) is 12.1 Å². The molecule has 0 spiro atoms. The Balaban J connectivity index is 2.50. The lowest BCUT2D eigenvalue weighted by molar-refractivity contribution is 0.100. The van der Waals surface area contributed by atoms with Crippen LogP contribution in [0.25, 0.3) is 0 Å². The summed E-state index contributed by atoms with van der Waals surface area (Å²) in [6.45, 7) is 2.04. The lowest BCUT2D eigenvalue weighted by Crippen LogP contribution is -2.47. The van der Waals surface area contributed by atoms with Crippen molar-refractivity contribution in [3.8, 4) is 0 Å². The molecule has 110 valence electrons. The molecule has 2 rings (SSSR count). The van der Waals surface area contributed by atoms with Crippen molar-refractivity contribution in [2.75, 3.05) is 28.7 Å². The summed E-state index contributed by atoms with van der Waals surface area (Å²) in [5.74, 6) is -0.600. The highest BCUT2D eigenvalue weighted by atomic mass is 35.5. The van der Waals surface area contributed by atoms with Crippen LogP contribution in [0.3, 0.4) is 0 Å². The first-order chi connectivity index (χ1) is 9.21. The fraction of sp³-hybridized carbons (Fsp3) is 0.417. The molecule has 1 aromatic carbocycles. The van der Waals surface area contributed by atoms with Gasteiger partial charge < -0.3 is 16.4 Å². The normalized spacial score (nSPS) is 21.7. The van der Waals surface area contributed by atoms with Crippen LogP contribution in [0.5, 0.6) is 0 Å². The van der Waals surface area contributed by atoms with E-state index in [0.29, 0.717) is 16.4 Å². The molecule has 1 aliphatic rings. The van der Waals surface area contributed by atoms with Crippen LogP contribution < -0.4 is 16.4 Å². The van der Waals surface area contributed by atoms with E-state index >= 15 is 0 Å². The van der Waals surface area contributed by atoms with Crippen molar-refractivity contribution in [3.05, 3.63) is 22.7 Å². The molecule has 1 unspecified atom stereocenters. The number of primary amides is 1. The van der Waals surface area contributed by atoms with E-state index in [1.807, 2.05) is 0 Å². The molecule has 0 saturated carbocycles. The second-order valence-electron chi connectivity index (χ2n) is 4.92. The molecule has 1 saturated heterocycles. The van der Waals surface area contributed by atoms with Crippen molar-refractivity contribution >= 4 is 38.7 Å². The second kappa shape index (κ2) is 5.14. The molecule has 4 N–H and O–H groups in total. The monoisotopic (exact) mass is 317 g/mol. The van der Waals surface area contributed by atoms with Crippen LogP contribution in [0.15, 0.2) is 12.1 Å². The number of rotatable bonds is 2. The minimum Gasteiger partial charge on any atom is -0.399 e. The molecule has 1 aliphatic heterocycles. The third-order valence-corrected chi connectivity index (χ3v) is 5.39. The van der Waals surface area contributed by atoms with E-state index in [9.17, 15) is 13.2 Å². The molecule has 1 amide bonds. The molecule has 6 nitrogen and oxygen atoms in total. The van der Waals surface area contributed by atoms with Gasteiger partial charge in [-0.3, -0.25) is 4.79 Å². The SMILES string of the molecule is CC1CS(=O)(=O)CCN1c1c(Cl)cc(N)cc1C(N)=O. The van der Waals surface area contributed by atoms with E-state index in [-0.39, 0.29) is 29.7 Å². The fourth-order valence-electron chi connectivity index (χ4n) is 2.43. The van der Waals surface area contributed by atoms with Gasteiger partial charge in [-0.2, -0.15) is 0 Å². The number of hydrogen-bond donors (Lipinski definition) is 2. The first kappa shape index (κ1) is 14.9. The summed E-state index contributed by atoms with van der Waals surface area (Å²) >= 11 is 6.17. The second-order valence-corrected chi connectivity index (χ2v) is 7.56. The van der Waals surface area contributed by atoms with Crippen molar-refractivity contribution < 1.29 is 13.2 Å². The highest BCUT2D eigenvalue weighted by molar-refractivity contribution is 7.91.